The molecular formula is C6H12O2S. The zero-order valence-corrected chi connectivity index (χ0v) is 6.45. The van der Waals surface area contributed by atoms with Crippen LogP contribution in [0.15, 0.2) is 0 Å². The van der Waals surface area contributed by atoms with Gasteiger partial charge in [0.2, 0.25) is 0 Å². The van der Waals surface area contributed by atoms with E-state index in [-0.39, 0.29) is 6.10 Å². The van der Waals surface area contributed by atoms with E-state index in [1.54, 1.807) is 6.26 Å². The quantitative estimate of drug-likeness (QED) is 0.535. The Morgan fingerprint density at radius 1 is 1.78 bits per heavy atom. The van der Waals surface area contributed by atoms with Gasteiger partial charge in [-0.2, -0.15) is 0 Å². The number of rotatable bonds is 2. The van der Waals surface area contributed by atoms with E-state index in [4.69, 9.17) is 4.74 Å². The SMILES string of the molecule is C[S+]([O-])CC1CCCO1. The van der Waals surface area contributed by atoms with Crippen LogP contribution in [0.3, 0.4) is 0 Å². The van der Waals surface area contributed by atoms with Gasteiger partial charge in [-0.25, -0.2) is 0 Å². The van der Waals surface area contributed by atoms with Gasteiger partial charge in [0.05, 0.1) is 6.26 Å². The lowest BCUT2D eigenvalue weighted by Crippen LogP contribution is -2.18. The van der Waals surface area contributed by atoms with Crippen molar-refractivity contribution in [1.29, 1.82) is 0 Å². The highest BCUT2D eigenvalue weighted by atomic mass is 32.2. The smallest absolute Gasteiger partial charge is 0.131 e. The van der Waals surface area contributed by atoms with E-state index in [9.17, 15) is 4.55 Å². The maximum atomic E-state index is 10.6. The van der Waals surface area contributed by atoms with Gasteiger partial charge in [-0.05, 0) is 12.8 Å². The maximum absolute atomic E-state index is 10.6. The third-order valence-electron chi connectivity index (χ3n) is 1.44. The Labute approximate surface area is 58.8 Å². The molecule has 1 heterocycles. The molecule has 0 aromatic rings. The Kier molecular flexibility index (Phi) is 2.82. The molecule has 2 nitrogen and oxygen atoms in total. The van der Waals surface area contributed by atoms with Crippen LogP contribution in [-0.4, -0.2) is 29.3 Å². The molecular weight excluding hydrogens is 136 g/mol. The van der Waals surface area contributed by atoms with Crippen LogP contribution in [-0.2, 0) is 15.9 Å². The first-order valence-electron chi connectivity index (χ1n) is 3.20. The highest BCUT2D eigenvalue weighted by Gasteiger charge is 2.18. The summed E-state index contributed by atoms with van der Waals surface area (Å²) in [6.07, 6.45) is 4.25. The lowest BCUT2D eigenvalue weighted by Gasteiger charge is -2.09. The van der Waals surface area contributed by atoms with Crippen molar-refractivity contribution in [2.24, 2.45) is 0 Å². The first-order chi connectivity index (χ1) is 4.29. The molecule has 0 radical (unpaired) electrons. The largest absolute Gasteiger partial charge is 0.616 e. The van der Waals surface area contributed by atoms with Crippen LogP contribution in [0.5, 0.6) is 0 Å². The summed E-state index contributed by atoms with van der Waals surface area (Å²) in [7, 11) is 0. The van der Waals surface area contributed by atoms with Gasteiger partial charge >= 0.3 is 0 Å². The minimum Gasteiger partial charge on any atom is -0.616 e. The van der Waals surface area contributed by atoms with Gasteiger partial charge in [-0.3, -0.25) is 0 Å². The van der Waals surface area contributed by atoms with E-state index in [1.165, 1.54) is 0 Å². The third-order valence-corrected chi connectivity index (χ3v) is 2.29. The van der Waals surface area contributed by atoms with Gasteiger partial charge in [0.15, 0.2) is 0 Å². The fraction of sp³-hybridized carbons (Fsp3) is 1.00. The van der Waals surface area contributed by atoms with E-state index in [2.05, 4.69) is 0 Å². The fourth-order valence-electron chi connectivity index (χ4n) is 1.04. The molecule has 3 heteroatoms. The molecule has 2 atom stereocenters. The normalized spacial score (nSPS) is 30.7. The second-order valence-corrected chi connectivity index (χ2v) is 3.85. The summed E-state index contributed by atoms with van der Waals surface area (Å²) in [5.41, 5.74) is 0. The topological polar surface area (TPSA) is 32.3 Å². The monoisotopic (exact) mass is 148 g/mol. The molecule has 1 aliphatic rings. The van der Waals surface area contributed by atoms with Crippen molar-refractivity contribution in [3.05, 3.63) is 0 Å². The second kappa shape index (κ2) is 3.44. The second-order valence-electron chi connectivity index (χ2n) is 2.37. The van der Waals surface area contributed by atoms with Crippen molar-refractivity contribution in [2.45, 2.75) is 18.9 Å². The minimum absolute atomic E-state index is 0.288. The van der Waals surface area contributed by atoms with Gasteiger partial charge in [0.25, 0.3) is 0 Å². The standard InChI is InChI=1S/C6H12O2S/c1-9(7)5-6-3-2-4-8-6/h6H,2-5H2,1H3. The van der Waals surface area contributed by atoms with Crippen LogP contribution < -0.4 is 0 Å². The summed E-state index contributed by atoms with van der Waals surface area (Å²) in [6, 6.07) is 0. The summed E-state index contributed by atoms with van der Waals surface area (Å²) in [5, 5.41) is 0. The van der Waals surface area contributed by atoms with Crippen molar-refractivity contribution in [3.8, 4) is 0 Å². The van der Waals surface area contributed by atoms with E-state index >= 15 is 0 Å². The molecule has 0 aromatic carbocycles. The number of ether oxygens (including phenoxy) is 1. The van der Waals surface area contributed by atoms with Crippen LogP contribution in [0.1, 0.15) is 12.8 Å². The van der Waals surface area contributed by atoms with Crippen molar-refractivity contribution in [2.75, 3.05) is 18.6 Å². The summed E-state index contributed by atoms with van der Waals surface area (Å²) in [4.78, 5) is 0. The minimum atomic E-state index is -0.680. The van der Waals surface area contributed by atoms with E-state index < -0.39 is 11.2 Å². The molecule has 54 valence electrons. The fourth-order valence-corrected chi connectivity index (χ4v) is 1.82. The number of hydrogen-bond donors (Lipinski definition) is 0. The van der Waals surface area contributed by atoms with Crippen LogP contribution in [0.4, 0.5) is 0 Å². The third kappa shape index (κ3) is 2.56. The predicted octanol–water partition coefficient (Wildman–Crippen LogP) is 0.544. The van der Waals surface area contributed by atoms with Crippen molar-refractivity contribution >= 4 is 11.2 Å². The van der Waals surface area contributed by atoms with Crippen molar-refractivity contribution in [1.82, 2.24) is 0 Å². The van der Waals surface area contributed by atoms with E-state index in [0.29, 0.717) is 0 Å². The summed E-state index contributed by atoms with van der Waals surface area (Å²) in [5.74, 6) is 0.722. The molecule has 9 heavy (non-hydrogen) atoms. The molecule has 0 saturated carbocycles. The Balaban J connectivity index is 2.11. The van der Waals surface area contributed by atoms with Crippen LogP contribution in [0, 0.1) is 0 Å². The summed E-state index contributed by atoms with van der Waals surface area (Å²) < 4.78 is 15.9. The van der Waals surface area contributed by atoms with Crippen molar-refractivity contribution < 1.29 is 9.29 Å². The molecule has 1 rings (SSSR count). The molecule has 2 unspecified atom stereocenters. The molecule has 0 N–H and O–H groups in total. The van der Waals surface area contributed by atoms with Crippen LogP contribution in [0.2, 0.25) is 0 Å². The maximum Gasteiger partial charge on any atom is 0.131 e. The molecule has 0 bridgehead atoms. The van der Waals surface area contributed by atoms with E-state index in [0.717, 1.165) is 25.2 Å². The lowest BCUT2D eigenvalue weighted by atomic mass is 10.3. The average molecular weight is 148 g/mol. The Hall–Kier alpha value is 0.270. The Morgan fingerprint density at radius 3 is 3.00 bits per heavy atom. The van der Waals surface area contributed by atoms with Crippen LogP contribution >= 0.6 is 0 Å². The summed E-state index contributed by atoms with van der Waals surface area (Å²) in [6.45, 7) is 0.863. The number of hydrogen-bond acceptors (Lipinski definition) is 2. The first kappa shape index (κ1) is 7.38. The first-order valence-corrected chi connectivity index (χ1v) is 4.93. The zero-order valence-electron chi connectivity index (χ0n) is 5.63. The van der Waals surface area contributed by atoms with Gasteiger partial charge in [-0.15, -0.1) is 0 Å². The van der Waals surface area contributed by atoms with Crippen molar-refractivity contribution in [3.63, 3.8) is 0 Å². The molecule has 0 aliphatic carbocycles. The highest BCUT2D eigenvalue weighted by molar-refractivity contribution is 7.90. The molecule has 1 aliphatic heterocycles. The van der Waals surface area contributed by atoms with Gasteiger partial charge < -0.3 is 9.29 Å². The van der Waals surface area contributed by atoms with Crippen LogP contribution in [0.25, 0.3) is 0 Å². The zero-order chi connectivity index (χ0) is 6.69. The Bertz CT molecular complexity index is 79.1. The van der Waals surface area contributed by atoms with Gasteiger partial charge in [0.1, 0.15) is 11.9 Å². The molecule has 1 fully saturated rings. The molecule has 0 spiro atoms. The molecule has 0 aromatic heterocycles. The lowest BCUT2D eigenvalue weighted by molar-refractivity contribution is 0.127. The Morgan fingerprint density at radius 2 is 2.56 bits per heavy atom. The highest BCUT2D eigenvalue weighted by Crippen LogP contribution is 2.12. The summed E-state index contributed by atoms with van der Waals surface area (Å²) >= 11 is -0.680. The predicted molar refractivity (Wildman–Crippen MR) is 37.9 cm³/mol. The van der Waals surface area contributed by atoms with E-state index in [1.807, 2.05) is 0 Å². The van der Waals surface area contributed by atoms with Gasteiger partial charge in [-0.1, -0.05) is 11.2 Å². The van der Waals surface area contributed by atoms with Gasteiger partial charge in [0, 0.05) is 6.61 Å². The molecule has 1 saturated heterocycles. The molecule has 0 amide bonds. The average Bonchev–Trinajstić information content (AvgIpc) is 2.15.